The van der Waals surface area contributed by atoms with Gasteiger partial charge in [-0.15, -0.1) is 10.2 Å². The molecule has 0 amide bonds. The Morgan fingerprint density at radius 1 is 0.307 bits per heavy atom. The second kappa shape index (κ2) is 49.6. The van der Waals surface area contributed by atoms with Crippen LogP contribution in [-0.2, 0) is 35.9 Å². The Morgan fingerprint density at radius 2 is 0.580 bits per heavy atom. The van der Waals surface area contributed by atoms with Crippen LogP contribution >= 0.6 is 0 Å². The number of aromatic nitrogens is 15. The van der Waals surface area contributed by atoms with Gasteiger partial charge in [0, 0.05) is 113 Å². The number of benzene rings is 17. The molecule has 0 spiro atoms. The van der Waals surface area contributed by atoms with Crippen molar-refractivity contribution in [1.82, 2.24) is 70.6 Å². The van der Waals surface area contributed by atoms with Gasteiger partial charge in [-0.2, -0.15) is 45.0 Å². The van der Waals surface area contributed by atoms with Crippen LogP contribution in [0.3, 0.4) is 0 Å². The number of nitrogens with zero attached hydrogens (tertiary/aromatic N) is 17. The first-order chi connectivity index (χ1) is 72.6. The molecule has 2 N–H and O–H groups in total. The van der Waals surface area contributed by atoms with Crippen LogP contribution in [0.15, 0.2) is 400 Å². The zero-order valence-corrected chi connectivity index (χ0v) is 92.2. The van der Waals surface area contributed by atoms with Crippen LogP contribution in [-0.4, -0.2) is 90.3 Å². The number of para-hydroxylation sites is 8. The summed E-state index contributed by atoms with van der Waals surface area (Å²) < 4.78 is 12.1. The first-order valence-corrected chi connectivity index (χ1v) is 50.5. The zero-order valence-electron chi connectivity index (χ0n) is 87.0. The number of carbonyl (C=O) groups is 1. The number of ether oxygens (including phenoxy) is 2. The number of rotatable bonds is 35. The number of fused-ring (bicyclic) bond motifs is 5. The van der Waals surface area contributed by atoms with E-state index in [4.69, 9.17) is 55.2 Å². The molecule has 5 aromatic heterocycles. The Bertz CT molecular complexity index is 7560. The predicted octanol–water partition coefficient (Wildman–Crippen LogP) is 22.7. The molecule has 22 rings (SSSR count). The molecule has 738 valence electrons. The average molecular weight is 2030 g/mol. The van der Waals surface area contributed by atoms with Crippen molar-refractivity contribution < 1.29 is 133 Å². The third kappa shape index (κ3) is 24.1. The third-order valence-corrected chi connectivity index (χ3v) is 25.7. The van der Waals surface area contributed by atoms with Crippen LogP contribution in [0.5, 0.6) is 11.5 Å². The molecular weight excluding hydrogens is 1910 g/mol. The predicted molar refractivity (Wildman–Crippen MR) is 594 cm³/mol. The minimum Gasteiger partial charge on any atom is -1.00 e. The van der Waals surface area contributed by atoms with Gasteiger partial charge in [0.1, 0.15) is 55.6 Å². The minimum atomic E-state index is -0.181. The number of nitrogens with one attached hydrogen (secondary N) is 2. The number of aromatic amines is 2. The van der Waals surface area contributed by atoms with Gasteiger partial charge in [0.15, 0.2) is 5.52 Å². The van der Waals surface area contributed by atoms with E-state index in [1.54, 1.807) is 0 Å². The molecule has 26 heteroatoms. The Kier molecular flexibility index (Phi) is 34.8. The standard InChI is InChI=1S/C77H76N11O2.C46H38N8.CH2O3.2K.H/c1-53(2)50-86-82-76-70(58-30-38-64(39-31-58)87(60-22-12-7-13-23-60)61-24-14-8-15-25-61)74-75(71(77(76)83-86)59-32-40-65(41-33-59)88(62-26-16-9-17-27-62)63-28-18-10-19-29-63)81-85(80-74)49-21-11-20-48-84-78-72-68(56-34-42-66(43-35-56)89-51-54(3)4)46-47-69(73(72)79-84)57-36-44-67(45-37-57)90-52-55(5)6;1-32(2)31-52-49-45-41(33-23-27-39(28-24-33)53(35-15-7-3-8-16-35)36-17-9-4-10-18-36)43-44(48-51-47-43)42(46(45)50-52)34-25-29-40(30-26-34)54(37-19-11-5-12-20-37)38-21-13-6-14-22-38;2-1-4-3;;;/h7-10,12-19,22-47,53-55H,11,20-21,48-52H2,1-6H3,(H,80,81);3-30,32H,31H2,1-2H3,(H,47,48);1,3H;;;/q+1;;;2*+1;-1/p-1. The number of aryl methyl sites for hydroxylation is 2. The van der Waals surface area contributed by atoms with E-state index in [1.165, 1.54) is 0 Å². The quantitative estimate of drug-likeness (QED) is 0.00936. The van der Waals surface area contributed by atoms with E-state index in [0.29, 0.717) is 63.1 Å². The second-order valence-corrected chi connectivity index (χ2v) is 38.4. The van der Waals surface area contributed by atoms with Gasteiger partial charge in [-0.3, -0.25) is 9.89 Å². The van der Waals surface area contributed by atoms with E-state index in [2.05, 4.69) is 452 Å². The summed E-state index contributed by atoms with van der Waals surface area (Å²) in [7, 11) is 0. The Labute approximate surface area is 959 Å². The van der Waals surface area contributed by atoms with Crippen molar-refractivity contribution in [3.05, 3.63) is 400 Å². The summed E-state index contributed by atoms with van der Waals surface area (Å²) in [5.74, 6) is 3.27. The second-order valence-electron chi connectivity index (χ2n) is 38.4. The first kappa shape index (κ1) is 105. The van der Waals surface area contributed by atoms with Crippen molar-refractivity contribution in [2.75, 3.05) is 32.8 Å². The van der Waals surface area contributed by atoms with E-state index in [9.17, 15) is 0 Å². The summed E-state index contributed by atoms with van der Waals surface area (Å²) >= 11 is 0. The van der Waals surface area contributed by atoms with Crippen molar-refractivity contribution in [2.24, 2.45) is 23.7 Å². The minimum absolute atomic E-state index is 0. The molecule has 0 aliphatic rings. The van der Waals surface area contributed by atoms with Gasteiger partial charge in [0.2, 0.25) is 6.54 Å². The molecule has 0 saturated heterocycles. The van der Waals surface area contributed by atoms with E-state index in [1.807, 2.05) is 67.7 Å². The summed E-state index contributed by atoms with van der Waals surface area (Å²) in [6.45, 7) is 21.2. The average Bonchev–Trinajstić information content (AvgIpc) is 1.57. The van der Waals surface area contributed by atoms with Crippen LogP contribution in [0.4, 0.5) is 68.2 Å². The van der Waals surface area contributed by atoms with Crippen molar-refractivity contribution >= 4 is 130 Å². The monoisotopic (exact) mass is 2030 g/mol. The molecule has 5 heterocycles. The molecule has 0 atom stereocenters. The maximum atomic E-state index is 8.64. The molecule has 0 radical (unpaired) electrons. The molecule has 150 heavy (non-hydrogen) atoms. The number of carbonyl (C=O) groups excluding carboxylic acids is 1. The zero-order chi connectivity index (χ0) is 101. The van der Waals surface area contributed by atoms with Crippen LogP contribution in [0.2, 0.25) is 0 Å². The largest absolute Gasteiger partial charge is 1.00 e. The van der Waals surface area contributed by atoms with Crippen LogP contribution < -0.4 is 142 Å². The fraction of sp³-hybridized carbons (Fsp3) is 0.169. The van der Waals surface area contributed by atoms with Crippen LogP contribution in [0, 0.1) is 23.7 Å². The molecule has 22 aromatic rings. The van der Waals surface area contributed by atoms with Crippen molar-refractivity contribution in [3.63, 3.8) is 0 Å². The summed E-state index contributed by atoms with van der Waals surface area (Å²) in [6, 6.07) is 140. The smallest absolute Gasteiger partial charge is 1.00 e. The van der Waals surface area contributed by atoms with E-state index >= 15 is 0 Å². The van der Waals surface area contributed by atoms with Crippen LogP contribution in [0.1, 0.15) is 76.1 Å². The molecular formula is C124H116K2N19O5+. The van der Waals surface area contributed by atoms with Crippen molar-refractivity contribution in [3.8, 4) is 78.3 Å². The molecule has 17 aromatic carbocycles. The molecule has 0 saturated carbocycles. The van der Waals surface area contributed by atoms with Crippen molar-refractivity contribution in [2.45, 2.75) is 101 Å². The van der Waals surface area contributed by atoms with Gasteiger partial charge in [-0.25, -0.2) is 0 Å². The van der Waals surface area contributed by atoms with Gasteiger partial charge in [-0.05, 0) is 245 Å². The van der Waals surface area contributed by atoms with E-state index < -0.39 is 0 Å². The number of H-pyrrole nitrogens is 2. The Balaban J connectivity index is 0.000000216. The van der Waals surface area contributed by atoms with E-state index in [0.717, 1.165) is 221 Å². The maximum Gasteiger partial charge on any atom is 1.00 e. The normalized spacial score (nSPS) is 11.2. The molecule has 0 aliphatic heterocycles. The Hall–Kier alpha value is -14.8. The number of hydrogen-bond donors (Lipinski definition) is 2. The molecule has 0 fully saturated rings. The molecule has 0 aliphatic carbocycles. The number of unbranched alkanes of at least 4 members (excludes halogenated alkanes) is 2. The van der Waals surface area contributed by atoms with Gasteiger partial charge < -0.3 is 40.6 Å². The SMILES string of the molecule is CC(C)COc1ccc(-c2ccc(-c3ccc(OCC(C)C)cc3)c3nn(CCCCC[n+]4nc5c(-c6ccc(N(c7ccccc7)c7ccccc7)cc6)c6nn(CC(C)C)nc6c(-c6ccc(N(c7ccccc7)c7ccccc7)cc6)c5[nH]4)nc23)cc1.CC(C)Cn1nc2c(-c3ccc(N(c4ccccc4)c4ccccc4)cc3)c3nn[nH]c3c(-c3ccc(N(c4ccccc4)c4ccccc4)cc3)c2n1.O=CO[O-].[H-].[K+].[K+]. The molecule has 24 nitrogen and oxygen atoms in total. The summed E-state index contributed by atoms with van der Waals surface area (Å²) in [5, 5.41) is 61.5. The fourth-order valence-corrected chi connectivity index (χ4v) is 19.0. The van der Waals surface area contributed by atoms with E-state index in [-0.39, 0.29) is 111 Å². The molecule has 0 bridgehead atoms. The summed E-state index contributed by atoms with van der Waals surface area (Å²) in [4.78, 5) is 27.9. The van der Waals surface area contributed by atoms with Gasteiger partial charge >= 0.3 is 103 Å². The maximum absolute atomic E-state index is 8.64. The van der Waals surface area contributed by atoms with Crippen molar-refractivity contribution in [1.29, 1.82) is 0 Å². The molecule has 0 unspecified atom stereocenters. The fourth-order valence-electron chi connectivity index (χ4n) is 19.0. The van der Waals surface area contributed by atoms with Gasteiger partial charge in [-0.1, -0.05) is 291 Å². The Morgan fingerprint density at radius 3 is 0.880 bits per heavy atom. The third-order valence-electron chi connectivity index (χ3n) is 25.7. The topological polar surface area (TPSA) is 247 Å². The number of anilines is 12. The first-order valence-electron chi connectivity index (χ1n) is 50.5. The van der Waals surface area contributed by atoms with Crippen LogP contribution in [0.25, 0.3) is 122 Å². The summed E-state index contributed by atoms with van der Waals surface area (Å²) in [6.07, 6.45) is 2.66. The summed E-state index contributed by atoms with van der Waals surface area (Å²) in [5.41, 5.74) is 33.0. The van der Waals surface area contributed by atoms with Gasteiger partial charge in [0.05, 0.1) is 38.4 Å². The van der Waals surface area contributed by atoms with Gasteiger partial charge in [0.25, 0.3) is 6.47 Å². The number of hydrogen-bond acceptors (Lipinski definition) is 18.